The fourth-order valence-electron chi connectivity index (χ4n) is 1.63. The predicted octanol–water partition coefficient (Wildman–Crippen LogP) is 0.00130. The van der Waals surface area contributed by atoms with Crippen molar-refractivity contribution >= 4 is 5.91 Å². The molecule has 0 aliphatic rings. The molecule has 0 bridgehead atoms. The number of carbonyl (C=O) groups excluding carboxylic acids is 1. The van der Waals surface area contributed by atoms with Crippen LogP contribution in [0.1, 0.15) is 5.69 Å². The fraction of sp³-hybridized carbons (Fsp3) is 0.429. The number of nitrogens with one attached hydrogen (secondary N) is 2. The first kappa shape index (κ1) is 16.9. The highest BCUT2D eigenvalue weighted by atomic mass is 16.5. The number of rotatable bonds is 11. The molecule has 1 rings (SSSR count). The zero-order valence-corrected chi connectivity index (χ0v) is 12.1. The summed E-state index contributed by atoms with van der Waals surface area (Å²) in [6.45, 7) is 9.36. The van der Waals surface area contributed by atoms with E-state index in [0.29, 0.717) is 32.7 Å². The van der Waals surface area contributed by atoms with Crippen molar-refractivity contribution in [2.75, 3.05) is 26.3 Å². The molecular weight excluding hydrogens is 270 g/mol. The Balaban J connectivity index is 2.07. The van der Waals surface area contributed by atoms with Gasteiger partial charge in [-0.2, -0.15) is 0 Å². The van der Waals surface area contributed by atoms with E-state index in [4.69, 9.17) is 10.5 Å². The van der Waals surface area contributed by atoms with E-state index in [1.807, 2.05) is 4.90 Å². The van der Waals surface area contributed by atoms with Crippen LogP contribution in [0.3, 0.4) is 0 Å². The molecule has 0 saturated carbocycles. The fourth-order valence-corrected chi connectivity index (χ4v) is 1.63. The Morgan fingerprint density at radius 2 is 2.29 bits per heavy atom. The molecular formula is C14H23N5O2. The van der Waals surface area contributed by atoms with Gasteiger partial charge in [0.05, 0.1) is 25.6 Å². The zero-order chi connectivity index (χ0) is 15.5. The Hall–Kier alpha value is -2.12. The van der Waals surface area contributed by atoms with Crippen molar-refractivity contribution in [3.63, 3.8) is 0 Å². The maximum absolute atomic E-state index is 11.7. The number of carbonyl (C=O) groups is 1. The summed E-state index contributed by atoms with van der Waals surface area (Å²) in [5.74, 6) is -0.202. The third-order valence-electron chi connectivity index (χ3n) is 2.84. The van der Waals surface area contributed by atoms with Gasteiger partial charge in [-0.15, -0.1) is 0 Å². The molecule has 1 heterocycles. The molecule has 0 aliphatic carbocycles. The van der Waals surface area contributed by atoms with E-state index in [0.717, 1.165) is 5.69 Å². The summed E-state index contributed by atoms with van der Waals surface area (Å²) in [5.41, 5.74) is 6.63. The average Bonchev–Trinajstić information content (AvgIpc) is 2.99. The number of aromatic amines is 1. The van der Waals surface area contributed by atoms with Gasteiger partial charge in [-0.25, -0.2) is 4.98 Å². The summed E-state index contributed by atoms with van der Waals surface area (Å²) in [6, 6.07) is -0.595. The normalized spacial score (nSPS) is 11.7. The molecule has 0 spiro atoms. The predicted molar refractivity (Wildman–Crippen MR) is 81.2 cm³/mol. The van der Waals surface area contributed by atoms with Crippen molar-refractivity contribution in [1.82, 2.24) is 20.2 Å². The average molecular weight is 293 g/mol. The molecule has 7 nitrogen and oxygen atoms in total. The lowest BCUT2D eigenvalue weighted by Crippen LogP contribution is -2.43. The van der Waals surface area contributed by atoms with Gasteiger partial charge < -0.3 is 25.7 Å². The van der Waals surface area contributed by atoms with Gasteiger partial charge in [-0.3, -0.25) is 4.79 Å². The molecule has 1 aromatic heterocycles. The van der Waals surface area contributed by atoms with E-state index in [-0.39, 0.29) is 5.91 Å². The highest BCUT2D eigenvalue weighted by Crippen LogP contribution is 1.96. The number of hydrogen-bond donors (Lipinski definition) is 3. The summed E-state index contributed by atoms with van der Waals surface area (Å²) in [6.07, 6.45) is 6.99. The summed E-state index contributed by atoms with van der Waals surface area (Å²) in [7, 11) is 0. The summed E-state index contributed by atoms with van der Waals surface area (Å²) in [5, 5.41) is 2.73. The van der Waals surface area contributed by atoms with Gasteiger partial charge in [-0.05, 0) is 12.4 Å². The van der Waals surface area contributed by atoms with Gasteiger partial charge in [0, 0.05) is 31.4 Å². The first-order valence-corrected chi connectivity index (χ1v) is 6.76. The van der Waals surface area contributed by atoms with E-state index >= 15 is 0 Å². The first-order chi connectivity index (χ1) is 10.2. The second kappa shape index (κ2) is 9.73. The Morgan fingerprint density at radius 1 is 1.52 bits per heavy atom. The first-order valence-electron chi connectivity index (χ1n) is 6.76. The molecule has 0 aliphatic heterocycles. The SMILES string of the molecule is C=CN(C=C)CCOCCNC(=O)C(N)Cc1cnc[nH]1. The van der Waals surface area contributed by atoms with Crippen LogP contribution in [0.4, 0.5) is 0 Å². The lowest BCUT2D eigenvalue weighted by molar-refractivity contribution is -0.122. The number of ether oxygens (including phenoxy) is 1. The van der Waals surface area contributed by atoms with Gasteiger partial charge in [0.25, 0.3) is 0 Å². The van der Waals surface area contributed by atoms with Crippen LogP contribution in [0.15, 0.2) is 38.1 Å². The van der Waals surface area contributed by atoms with E-state index < -0.39 is 6.04 Å². The van der Waals surface area contributed by atoms with Gasteiger partial charge >= 0.3 is 0 Å². The summed E-state index contributed by atoms with van der Waals surface area (Å²) in [4.78, 5) is 20.4. The maximum atomic E-state index is 11.7. The Kier molecular flexibility index (Phi) is 7.85. The number of amides is 1. The summed E-state index contributed by atoms with van der Waals surface area (Å²) < 4.78 is 5.39. The number of hydrogen-bond acceptors (Lipinski definition) is 5. The molecule has 0 aromatic carbocycles. The molecule has 21 heavy (non-hydrogen) atoms. The highest BCUT2D eigenvalue weighted by Gasteiger charge is 2.13. The van der Waals surface area contributed by atoms with Crippen LogP contribution in [0.5, 0.6) is 0 Å². The Bertz CT molecular complexity index is 425. The molecule has 116 valence electrons. The van der Waals surface area contributed by atoms with E-state index in [1.165, 1.54) is 0 Å². The van der Waals surface area contributed by atoms with E-state index in [2.05, 4.69) is 28.4 Å². The highest BCUT2D eigenvalue weighted by molar-refractivity contribution is 5.81. The van der Waals surface area contributed by atoms with Crippen molar-refractivity contribution in [3.05, 3.63) is 43.8 Å². The van der Waals surface area contributed by atoms with Gasteiger partial charge in [0.15, 0.2) is 0 Å². The maximum Gasteiger partial charge on any atom is 0.237 e. The molecule has 4 N–H and O–H groups in total. The number of aromatic nitrogens is 2. The van der Waals surface area contributed by atoms with Gasteiger partial charge in [0.1, 0.15) is 0 Å². The van der Waals surface area contributed by atoms with Crippen molar-refractivity contribution in [2.45, 2.75) is 12.5 Å². The van der Waals surface area contributed by atoms with Gasteiger partial charge in [-0.1, -0.05) is 13.2 Å². The van der Waals surface area contributed by atoms with Crippen LogP contribution >= 0.6 is 0 Å². The molecule has 1 amide bonds. The number of nitrogens with zero attached hydrogens (tertiary/aromatic N) is 2. The second-order valence-corrected chi connectivity index (χ2v) is 4.39. The Morgan fingerprint density at radius 3 is 2.90 bits per heavy atom. The molecule has 1 unspecified atom stereocenters. The van der Waals surface area contributed by atoms with Crippen LogP contribution in [-0.2, 0) is 16.0 Å². The topological polar surface area (TPSA) is 96.3 Å². The number of nitrogens with two attached hydrogens (primary N) is 1. The van der Waals surface area contributed by atoms with Crippen LogP contribution in [0, 0.1) is 0 Å². The minimum atomic E-state index is -0.595. The minimum absolute atomic E-state index is 0.202. The quantitative estimate of drug-likeness (QED) is 0.499. The van der Waals surface area contributed by atoms with Crippen LogP contribution < -0.4 is 11.1 Å². The van der Waals surface area contributed by atoms with Crippen molar-refractivity contribution < 1.29 is 9.53 Å². The van der Waals surface area contributed by atoms with Gasteiger partial charge in [0.2, 0.25) is 5.91 Å². The lowest BCUT2D eigenvalue weighted by atomic mass is 10.1. The largest absolute Gasteiger partial charge is 0.378 e. The Labute approximate surface area is 124 Å². The lowest BCUT2D eigenvalue weighted by Gasteiger charge is -2.14. The molecule has 0 fully saturated rings. The minimum Gasteiger partial charge on any atom is -0.378 e. The van der Waals surface area contributed by atoms with Crippen molar-refractivity contribution in [3.8, 4) is 0 Å². The standard InChI is InChI=1S/C14H23N5O2/c1-3-19(4-2)6-8-21-7-5-17-14(20)13(15)9-12-10-16-11-18-12/h3-4,10-11,13H,1-2,5-9,15H2,(H,16,18)(H,17,20). The number of H-pyrrole nitrogens is 1. The third-order valence-corrected chi connectivity index (χ3v) is 2.84. The molecule has 0 saturated heterocycles. The van der Waals surface area contributed by atoms with Crippen LogP contribution in [-0.4, -0.2) is 53.1 Å². The summed E-state index contributed by atoms with van der Waals surface area (Å²) >= 11 is 0. The monoisotopic (exact) mass is 293 g/mol. The van der Waals surface area contributed by atoms with Crippen LogP contribution in [0.2, 0.25) is 0 Å². The molecule has 7 heteroatoms. The molecule has 0 radical (unpaired) electrons. The molecule has 1 atom stereocenters. The molecule has 1 aromatic rings. The van der Waals surface area contributed by atoms with Crippen molar-refractivity contribution in [2.24, 2.45) is 5.73 Å². The smallest absolute Gasteiger partial charge is 0.237 e. The second-order valence-electron chi connectivity index (χ2n) is 4.39. The van der Waals surface area contributed by atoms with Crippen molar-refractivity contribution in [1.29, 1.82) is 0 Å². The van der Waals surface area contributed by atoms with Crippen LogP contribution in [0.25, 0.3) is 0 Å². The number of imidazole rings is 1. The third kappa shape index (κ3) is 6.73. The van der Waals surface area contributed by atoms with E-state index in [1.54, 1.807) is 24.9 Å². The van der Waals surface area contributed by atoms with E-state index in [9.17, 15) is 4.79 Å². The zero-order valence-electron chi connectivity index (χ0n) is 12.1.